The summed E-state index contributed by atoms with van der Waals surface area (Å²) in [4.78, 5) is 11.7. The molecule has 0 aromatic heterocycles. The molecule has 1 aromatic carbocycles. The maximum absolute atomic E-state index is 11.7. The van der Waals surface area contributed by atoms with E-state index in [-0.39, 0.29) is 5.91 Å². The van der Waals surface area contributed by atoms with Gasteiger partial charge in [0.15, 0.2) is 0 Å². The Morgan fingerprint density at radius 3 is 2.61 bits per heavy atom. The predicted molar refractivity (Wildman–Crippen MR) is 75.8 cm³/mol. The van der Waals surface area contributed by atoms with Crippen molar-refractivity contribution in [1.29, 1.82) is 0 Å². The molecule has 0 saturated carbocycles. The van der Waals surface area contributed by atoms with Crippen LogP contribution < -0.4 is 10.6 Å². The van der Waals surface area contributed by atoms with Gasteiger partial charge in [-0.05, 0) is 38.4 Å². The topological polar surface area (TPSA) is 41.1 Å². The second-order valence-corrected chi connectivity index (χ2v) is 4.30. The smallest absolute Gasteiger partial charge is 0.251 e. The van der Waals surface area contributed by atoms with Gasteiger partial charge in [-0.3, -0.25) is 4.79 Å². The minimum Gasteiger partial charge on any atom is -0.351 e. The molecular formula is C15H22N2O. The molecule has 18 heavy (non-hydrogen) atoms. The average Bonchev–Trinajstić information content (AvgIpc) is 2.38. The molecule has 1 amide bonds. The van der Waals surface area contributed by atoms with E-state index in [1.165, 1.54) is 0 Å². The molecule has 98 valence electrons. The van der Waals surface area contributed by atoms with Gasteiger partial charge in [0.05, 0.1) is 0 Å². The van der Waals surface area contributed by atoms with Gasteiger partial charge in [0.1, 0.15) is 0 Å². The van der Waals surface area contributed by atoms with Gasteiger partial charge in [-0.1, -0.05) is 23.8 Å². The van der Waals surface area contributed by atoms with Gasteiger partial charge in [0, 0.05) is 18.7 Å². The minimum atomic E-state index is -0.0112. The summed E-state index contributed by atoms with van der Waals surface area (Å²) in [6.45, 7) is 8.10. The van der Waals surface area contributed by atoms with E-state index in [0.29, 0.717) is 12.1 Å². The second-order valence-electron chi connectivity index (χ2n) is 4.30. The Bertz CT molecular complexity index is 371. The molecule has 0 aliphatic carbocycles. The van der Waals surface area contributed by atoms with Crippen LogP contribution in [0.5, 0.6) is 0 Å². The lowest BCUT2D eigenvalue weighted by atomic mass is 10.1. The van der Waals surface area contributed by atoms with Gasteiger partial charge in [-0.15, -0.1) is 6.58 Å². The molecule has 0 heterocycles. The molecule has 0 aliphatic rings. The van der Waals surface area contributed by atoms with E-state index < -0.39 is 0 Å². The first-order valence-electron chi connectivity index (χ1n) is 6.40. The van der Waals surface area contributed by atoms with E-state index in [0.717, 1.165) is 31.5 Å². The highest BCUT2D eigenvalue weighted by molar-refractivity contribution is 5.94. The first-order valence-corrected chi connectivity index (χ1v) is 6.40. The second kappa shape index (κ2) is 8.48. The monoisotopic (exact) mass is 246 g/mol. The summed E-state index contributed by atoms with van der Waals surface area (Å²) >= 11 is 0. The van der Waals surface area contributed by atoms with Crippen molar-refractivity contribution < 1.29 is 4.79 Å². The van der Waals surface area contributed by atoms with Crippen molar-refractivity contribution in [3.05, 3.63) is 48.0 Å². The van der Waals surface area contributed by atoms with Crippen molar-refractivity contribution in [3.8, 4) is 0 Å². The highest BCUT2D eigenvalue weighted by Crippen LogP contribution is 2.02. The Balaban J connectivity index is 2.13. The molecule has 0 unspecified atom stereocenters. The summed E-state index contributed by atoms with van der Waals surface area (Å²) < 4.78 is 0. The number of nitrogens with one attached hydrogen (secondary N) is 2. The Hall–Kier alpha value is -1.61. The van der Waals surface area contributed by atoms with Crippen LogP contribution in [-0.4, -0.2) is 25.5 Å². The third-order valence-electron chi connectivity index (χ3n) is 2.66. The summed E-state index contributed by atoms with van der Waals surface area (Å²) in [5, 5.41) is 6.16. The van der Waals surface area contributed by atoms with Crippen LogP contribution in [0.1, 0.15) is 28.8 Å². The van der Waals surface area contributed by atoms with Gasteiger partial charge in [-0.2, -0.15) is 0 Å². The zero-order valence-electron chi connectivity index (χ0n) is 11.0. The third-order valence-corrected chi connectivity index (χ3v) is 2.66. The van der Waals surface area contributed by atoms with Crippen molar-refractivity contribution in [1.82, 2.24) is 10.6 Å². The summed E-state index contributed by atoms with van der Waals surface area (Å²) in [7, 11) is 0. The van der Waals surface area contributed by atoms with E-state index in [4.69, 9.17) is 0 Å². The predicted octanol–water partition coefficient (Wildman–Crippen LogP) is 2.28. The van der Waals surface area contributed by atoms with Crippen LogP contribution >= 0.6 is 0 Å². The Kier molecular flexibility index (Phi) is 6.81. The molecule has 0 saturated heterocycles. The summed E-state index contributed by atoms with van der Waals surface area (Å²) in [5.74, 6) is -0.0112. The fourth-order valence-corrected chi connectivity index (χ4v) is 1.57. The number of hydrogen-bond donors (Lipinski definition) is 2. The van der Waals surface area contributed by atoms with E-state index >= 15 is 0 Å². The van der Waals surface area contributed by atoms with E-state index in [2.05, 4.69) is 17.2 Å². The zero-order chi connectivity index (χ0) is 13.2. The first kappa shape index (κ1) is 14.5. The molecule has 1 aromatic rings. The normalized spacial score (nSPS) is 10.1. The number of hydrogen-bond acceptors (Lipinski definition) is 2. The van der Waals surface area contributed by atoms with Gasteiger partial charge in [0.2, 0.25) is 0 Å². The molecule has 0 atom stereocenters. The lowest BCUT2D eigenvalue weighted by molar-refractivity contribution is 0.0954. The van der Waals surface area contributed by atoms with Crippen LogP contribution in [0.25, 0.3) is 0 Å². The molecule has 2 N–H and O–H groups in total. The molecule has 3 nitrogen and oxygen atoms in total. The Morgan fingerprint density at radius 1 is 1.22 bits per heavy atom. The van der Waals surface area contributed by atoms with Gasteiger partial charge in [0.25, 0.3) is 5.91 Å². The van der Waals surface area contributed by atoms with Crippen LogP contribution in [0, 0.1) is 6.92 Å². The molecule has 1 rings (SSSR count). The molecule has 0 bridgehead atoms. The fraction of sp³-hybridized carbons (Fsp3) is 0.400. The summed E-state index contributed by atoms with van der Waals surface area (Å²) in [6, 6.07) is 7.59. The number of carbonyl (C=O) groups is 1. The van der Waals surface area contributed by atoms with Crippen molar-refractivity contribution in [3.63, 3.8) is 0 Å². The summed E-state index contributed by atoms with van der Waals surface area (Å²) in [5.41, 5.74) is 1.88. The molecule has 0 aliphatic heterocycles. The zero-order valence-corrected chi connectivity index (χ0v) is 11.0. The Morgan fingerprint density at radius 2 is 1.94 bits per heavy atom. The number of unbranched alkanes of at least 4 members (excludes halogenated alkanes) is 1. The largest absolute Gasteiger partial charge is 0.351 e. The molecule has 0 radical (unpaired) electrons. The number of rotatable bonds is 8. The number of benzene rings is 1. The van der Waals surface area contributed by atoms with Crippen LogP contribution in [0.2, 0.25) is 0 Å². The van der Waals surface area contributed by atoms with E-state index in [1.54, 1.807) is 0 Å². The Labute approximate surface area is 109 Å². The lowest BCUT2D eigenvalue weighted by Gasteiger charge is -2.06. The molecule has 3 heteroatoms. The molecule has 0 fully saturated rings. The van der Waals surface area contributed by atoms with E-state index in [9.17, 15) is 4.79 Å². The third kappa shape index (κ3) is 5.64. The molecular weight excluding hydrogens is 224 g/mol. The van der Waals surface area contributed by atoms with Crippen LogP contribution in [-0.2, 0) is 0 Å². The molecule has 0 spiro atoms. The average molecular weight is 246 g/mol. The SMILES string of the molecule is C=CCCCNCCNC(=O)c1ccc(C)cc1. The van der Waals surface area contributed by atoms with Gasteiger partial charge in [-0.25, -0.2) is 0 Å². The number of carbonyl (C=O) groups excluding carboxylic acids is 1. The summed E-state index contributed by atoms with van der Waals surface area (Å²) in [6.07, 6.45) is 4.04. The van der Waals surface area contributed by atoms with Crippen molar-refractivity contribution in [2.45, 2.75) is 19.8 Å². The maximum atomic E-state index is 11.7. The van der Waals surface area contributed by atoms with Crippen molar-refractivity contribution in [2.24, 2.45) is 0 Å². The number of allylic oxidation sites excluding steroid dienone is 1. The van der Waals surface area contributed by atoms with Gasteiger partial charge < -0.3 is 10.6 Å². The van der Waals surface area contributed by atoms with Gasteiger partial charge >= 0.3 is 0 Å². The van der Waals surface area contributed by atoms with Crippen molar-refractivity contribution in [2.75, 3.05) is 19.6 Å². The standard InChI is InChI=1S/C15H22N2O/c1-3-4-5-10-16-11-12-17-15(18)14-8-6-13(2)7-9-14/h3,6-9,16H,1,4-5,10-12H2,2H3,(H,17,18). The van der Waals surface area contributed by atoms with Crippen molar-refractivity contribution >= 4 is 5.91 Å². The quantitative estimate of drug-likeness (QED) is 0.546. The first-order chi connectivity index (χ1) is 8.74. The maximum Gasteiger partial charge on any atom is 0.251 e. The van der Waals surface area contributed by atoms with E-state index in [1.807, 2.05) is 37.3 Å². The van der Waals surface area contributed by atoms with Crippen LogP contribution in [0.15, 0.2) is 36.9 Å². The minimum absolute atomic E-state index is 0.0112. The highest BCUT2D eigenvalue weighted by Gasteiger charge is 2.02. The fourth-order valence-electron chi connectivity index (χ4n) is 1.57. The highest BCUT2D eigenvalue weighted by atomic mass is 16.1. The number of amides is 1. The van der Waals surface area contributed by atoms with Crippen LogP contribution in [0.4, 0.5) is 0 Å². The lowest BCUT2D eigenvalue weighted by Crippen LogP contribution is -2.32. The number of aryl methyl sites for hydroxylation is 1. The van der Waals surface area contributed by atoms with Crippen LogP contribution in [0.3, 0.4) is 0 Å².